The molecule has 0 radical (unpaired) electrons. The summed E-state index contributed by atoms with van der Waals surface area (Å²) in [4.78, 5) is 14.0. The average Bonchev–Trinajstić information content (AvgIpc) is 2.37. The monoisotopic (exact) mass is 227 g/mol. The fraction of sp³-hybridized carbons (Fsp3) is 0.917. The third-order valence-corrected chi connectivity index (χ3v) is 4.24. The summed E-state index contributed by atoms with van der Waals surface area (Å²) in [5.41, 5.74) is 0.323. The first-order valence-corrected chi connectivity index (χ1v) is 6.02. The molecule has 0 aliphatic carbocycles. The van der Waals surface area contributed by atoms with Crippen LogP contribution in [0, 0.1) is 5.41 Å². The lowest BCUT2D eigenvalue weighted by atomic mass is 9.69. The van der Waals surface area contributed by atoms with Crippen LogP contribution in [-0.4, -0.2) is 50.8 Å². The second-order valence-corrected chi connectivity index (χ2v) is 5.04. The minimum atomic E-state index is -0.380. The Hall–Kier alpha value is -0.610. The predicted octanol–water partition coefficient (Wildman–Crippen LogP) is 1.05. The molecule has 0 N–H and O–H groups in total. The maximum atomic E-state index is 11.5. The Balaban J connectivity index is 1.98. The van der Waals surface area contributed by atoms with Gasteiger partial charge in [0.25, 0.3) is 0 Å². The number of nitrogens with zero attached hydrogens (tertiary/aromatic N) is 1. The second kappa shape index (κ2) is 4.72. The summed E-state index contributed by atoms with van der Waals surface area (Å²) in [5.74, 6) is -0.232. The van der Waals surface area contributed by atoms with Gasteiger partial charge in [-0.15, -0.1) is 0 Å². The Labute approximate surface area is 96.9 Å². The van der Waals surface area contributed by atoms with Crippen LogP contribution in [0.2, 0.25) is 0 Å². The third-order valence-electron chi connectivity index (χ3n) is 4.24. The molecule has 0 aromatic carbocycles. The molecule has 0 amide bonds. The molecule has 0 spiro atoms. The molecule has 3 saturated heterocycles. The van der Waals surface area contributed by atoms with Crippen molar-refractivity contribution in [1.29, 1.82) is 0 Å². The highest BCUT2D eigenvalue weighted by molar-refractivity contribution is 5.74. The van der Waals surface area contributed by atoms with Gasteiger partial charge in [0.2, 0.25) is 0 Å². The molecular formula is C12H21NO3. The maximum absolute atomic E-state index is 11.5. The van der Waals surface area contributed by atoms with Gasteiger partial charge in [-0.2, -0.15) is 0 Å². The molecule has 4 nitrogen and oxygen atoms in total. The smallest absolute Gasteiger partial charge is 0.334 e. The van der Waals surface area contributed by atoms with E-state index >= 15 is 0 Å². The van der Waals surface area contributed by atoms with Gasteiger partial charge in [-0.3, -0.25) is 0 Å². The van der Waals surface area contributed by atoms with Crippen molar-refractivity contribution in [2.75, 3.05) is 33.9 Å². The van der Waals surface area contributed by atoms with Gasteiger partial charge in [0.05, 0.1) is 7.11 Å². The molecule has 4 heteroatoms. The first-order chi connectivity index (χ1) is 7.69. The minimum Gasteiger partial charge on any atom is -0.467 e. The molecule has 1 atom stereocenters. The number of hydrogen-bond acceptors (Lipinski definition) is 4. The van der Waals surface area contributed by atoms with Crippen molar-refractivity contribution in [1.82, 2.24) is 4.90 Å². The van der Waals surface area contributed by atoms with Gasteiger partial charge in [-0.05, 0) is 50.7 Å². The molecule has 1 unspecified atom stereocenters. The molecule has 0 saturated carbocycles. The zero-order valence-electron chi connectivity index (χ0n) is 10.2. The number of methoxy groups -OCH3 is 2. The zero-order valence-corrected chi connectivity index (χ0v) is 10.2. The van der Waals surface area contributed by atoms with E-state index in [1.807, 2.05) is 0 Å². The van der Waals surface area contributed by atoms with Crippen LogP contribution in [0.25, 0.3) is 0 Å². The molecule has 3 aliphatic rings. The number of hydrogen-bond donors (Lipinski definition) is 0. The van der Waals surface area contributed by atoms with Crippen LogP contribution in [-0.2, 0) is 14.3 Å². The average molecular weight is 227 g/mol. The predicted molar refractivity (Wildman–Crippen MR) is 60.2 cm³/mol. The summed E-state index contributed by atoms with van der Waals surface area (Å²) in [6.07, 6.45) is 4.04. The lowest BCUT2D eigenvalue weighted by Gasteiger charge is -2.49. The van der Waals surface area contributed by atoms with E-state index in [0.717, 1.165) is 6.42 Å². The molecule has 16 heavy (non-hydrogen) atoms. The molecule has 3 aliphatic heterocycles. The summed E-state index contributed by atoms with van der Waals surface area (Å²) in [7, 11) is 3.02. The van der Waals surface area contributed by atoms with Crippen molar-refractivity contribution in [3.63, 3.8) is 0 Å². The Morgan fingerprint density at radius 2 is 1.81 bits per heavy atom. The number of carbonyl (C=O) groups excluding carboxylic acids is 1. The topological polar surface area (TPSA) is 38.8 Å². The number of piperidine rings is 3. The first kappa shape index (κ1) is 11.9. The Morgan fingerprint density at radius 1 is 1.25 bits per heavy atom. The second-order valence-electron chi connectivity index (χ2n) is 5.04. The van der Waals surface area contributed by atoms with E-state index in [2.05, 4.69) is 4.90 Å². The van der Waals surface area contributed by atoms with Gasteiger partial charge in [0.15, 0.2) is 6.10 Å². The van der Waals surface area contributed by atoms with Crippen LogP contribution in [0.3, 0.4) is 0 Å². The molecule has 0 aromatic heterocycles. The van der Waals surface area contributed by atoms with Gasteiger partial charge in [0.1, 0.15) is 0 Å². The van der Waals surface area contributed by atoms with Crippen molar-refractivity contribution in [2.45, 2.75) is 31.8 Å². The molecule has 3 heterocycles. The third kappa shape index (κ3) is 2.23. The van der Waals surface area contributed by atoms with E-state index in [9.17, 15) is 4.79 Å². The number of ether oxygens (including phenoxy) is 2. The van der Waals surface area contributed by atoms with Crippen LogP contribution in [0.15, 0.2) is 0 Å². The van der Waals surface area contributed by atoms with Gasteiger partial charge < -0.3 is 14.4 Å². The SMILES string of the molecule is COC(=O)C(CC12CCN(CC1)CC2)OC. The summed E-state index contributed by atoms with van der Waals surface area (Å²) >= 11 is 0. The quantitative estimate of drug-likeness (QED) is 0.673. The van der Waals surface area contributed by atoms with E-state index in [4.69, 9.17) is 9.47 Å². The van der Waals surface area contributed by atoms with Crippen molar-refractivity contribution in [2.24, 2.45) is 5.41 Å². The lowest BCUT2D eigenvalue weighted by Crippen LogP contribution is -2.50. The highest BCUT2D eigenvalue weighted by Gasteiger charge is 2.42. The van der Waals surface area contributed by atoms with Gasteiger partial charge in [0, 0.05) is 7.11 Å². The van der Waals surface area contributed by atoms with Crippen LogP contribution >= 0.6 is 0 Å². The van der Waals surface area contributed by atoms with E-state index in [1.54, 1.807) is 7.11 Å². The molecule has 92 valence electrons. The van der Waals surface area contributed by atoms with Crippen molar-refractivity contribution >= 4 is 5.97 Å². The molecule has 3 rings (SSSR count). The van der Waals surface area contributed by atoms with Crippen molar-refractivity contribution in [3.8, 4) is 0 Å². The van der Waals surface area contributed by atoms with E-state index in [-0.39, 0.29) is 12.1 Å². The highest BCUT2D eigenvalue weighted by atomic mass is 16.6. The van der Waals surface area contributed by atoms with Crippen LogP contribution in [0.1, 0.15) is 25.7 Å². The van der Waals surface area contributed by atoms with Gasteiger partial charge in [-0.25, -0.2) is 4.79 Å². The number of fused-ring (bicyclic) bond motifs is 3. The first-order valence-electron chi connectivity index (χ1n) is 6.02. The summed E-state index contributed by atoms with van der Waals surface area (Å²) in [5, 5.41) is 0. The van der Waals surface area contributed by atoms with Crippen LogP contribution < -0.4 is 0 Å². The Kier molecular flexibility index (Phi) is 3.50. The normalized spacial score (nSPS) is 34.8. The molecule has 3 fully saturated rings. The summed E-state index contributed by atoms with van der Waals surface area (Å²) in [6, 6.07) is 0. The summed E-state index contributed by atoms with van der Waals surface area (Å²) in [6.45, 7) is 3.53. The lowest BCUT2D eigenvalue weighted by molar-refractivity contribution is -0.156. The molecule has 0 aromatic rings. The summed E-state index contributed by atoms with van der Waals surface area (Å²) < 4.78 is 10.0. The van der Waals surface area contributed by atoms with Crippen molar-refractivity contribution < 1.29 is 14.3 Å². The van der Waals surface area contributed by atoms with Gasteiger partial charge in [-0.1, -0.05) is 0 Å². The van der Waals surface area contributed by atoms with Crippen LogP contribution in [0.4, 0.5) is 0 Å². The van der Waals surface area contributed by atoms with E-state index in [1.165, 1.54) is 46.0 Å². The standard InChI is InChI=1S/C12H21NO3/c1-15-10(11(14)16-2)9-12-3-6-13(7-4-12)8-5-12/h10H,3-9H2,1-2H3. The van der Waals surface area contributed by atoms with E-state index in [0.29, 0.717) is 5.41 Å². The Bertz CT molecular complexity index is 245. The van der Waals surface area contributed by atoms with Crippen molar-refractivity contribution in [3.05, 3.63) is 0 Å². The minimum absolute atomic E-state index is 0.232. The van der Waals surface area contributed by atoms with Crippen LogP contribution in [0.5, 0.6) is 0 Å². The van der Waals surface area contributed by atoms with Gasteiger partial charge >= 0.3 is 5.97 Å². The fourth-order valence-electron chi connectivity index (χ4n) is 2.99. The Morgan fingerprint density at radius 3 is 2.25 bits per heavy atom. The zero-order chi connectivity index (χ0) is 11.6. The molecular weight excluding hydrogens is 206 g/mol. The number of carbonyl (C=O) groups is 1. The fourth-order valence-corrected chi connectivity index (χ4v) is 2.99. The molecule has 2 bridgehead atoms. The number of esters is 1. The largest absolute Gasteiger partial charge is 0.467 e. The maximum Gasteiger partial charge on any atom is 0.334 e. The highest BCUT2D eigenvalue weighted by Crippen LogP contribution is 2.44. The number of rotatable bonds is 4. The van der Waals surface area contributed by atoms with E-state index < -0.39 is 0 Å².